The number of anilines is 2. The third-order valence-corrected chi connectivity index (χ3v) is 6.52. The highest BCUT2D eigenvalue weighted by molar-refractivity contribution is 8.00. The number of carbonyl (C=O) groups excluding carboxylic acids is 2. The van der Waals surface area contributed by atoms with Gasteiger partial charge >= 0.3 is 0 Å². The van der Waals surface area contributed by atoms with Gasteiger partial charge in [-0.3, -0.25) is 9.59 Å². The summed E-state index contributed by atoms with van der Waals surface area (Å²) in [6.07, 6.45) is 1.46. The zero-order chi connectivity index (χ0) is 23.9. The van der Waals surface area contributed by atoms with Crippen LogP contribution in [0.25, 0.3) is 0 Å². The summed E-state index contributed by atoms with van der Waals surface area (Å²) in [7, 11) is 0. The van der Waals surface area contributed by atoms with Crippen molar-refractivity contribution in [2.45, 2.75) is 29.9 Å². The van der Waals surface area contributed by atoms with E-state index >= 15 is 0 Å². The van der Waals surface area contributed by atoms with Gasteiger partial charge in [0.25, 0.3) is 5.91 Å². The molecule has 4 rings (SSSR count). The fourth-order valence-electron chi connectivity index (χ4n) is 3.44. The number of amides is 2. The summed E-state index contributed by atoms with van der Waals surface area (Å²) in [5, 5.41) is 5.41. The molecular formula is C28H26N2O3S. The van der Waals surface area contributed by atoms with E-state index in [1.54, 1.807) is 18.2 Å². The Labute approximate surface area is 203 Å². The van der Waals surface area contributed by atoms with Gasteiger partial charge in [-0.15, -0.1) is 11.8 Å². The fraction of sp³-hybridized carbons (Fsp3) is 0.143. The third kappa shape index (κ3) is 5.97. The molecule has 0 aliphatic carbocycles. The summed E-state index contributed by atoms with van der Waals surface area (Å²) in [5.41, 5.74) is 3.51. The molecule has 1 heterocycles. The predicted octanol–water partition coefficient (Wildman–Crippen LogP) is 7.13. The summed E-state index contributed by atoms with van der Waals surface area (Å²) in [6, 6.07) is 28.3. The number of hydrogen-bond donors (Lipinski definition) is 2. The van der Waals surface area contributed by atoms with Crippen molar-refractivity contribution in [3.05, 3.63) is 114 Å². The summed E-state index contributed by atoms with van der Waals surface area (Å²) >= 11 is 1.43. The quantitative estimate of drug-likeness (QED) is 0.269. The number of carbonyl (C=O) groups is 2. The molecule has 0 aliphatic heterocycles. The smallest absolute Gasteiger partial charge is 0.291 e. The third-order valence-electron chi connectivity index (χ3n) is 5.28. The number of benzene rings is 3. The minimum absolute atomic E-state index is 0.112. The molecule has 1 unspecified atom stereocenters. The largest absolute Gasteiger partial charge is 0.459 e. The van der Waals surface area contributed by atoms with Gasteiger partial charge in [-0.1, -0.05) is 62.4 Å². The van der Waals surface area contributed by atoms with Crippen molar-refractivity contribution in [2.24, 2.45) is 0 Å². The minimum Gasteiger partial charge on any atom is -0.459 e. The Kier molecular flexibility index (Phi) is 7.50. The Hall–Kier alpha value is -3.77. The normalized spacial score (nSPS) is 11.7. The molecule has 2 amide bonds. The van der Waals surface area contributed by atoms with Gasteiger partial charge < -0.3 is 15.1 Å². The van der Waals surface area contributed by atoms with E-state index in [0.717, 1.165) is 16.1 Å². The lowest BCUT2D eigenvalue weighted by Gasteiger charge is -2.18. The monoisotopic (exact) mass is 470 g/mol. The highest BCUT2D eigenvalue weighted by Crippen LogP contribution is 2.37. The maximum Gasteiger partial charge on any atom is 0.291 e. The summed E-state index contributed by atoms with van der Waals surface area (Å²) in [6.45, 7) is 4.28. The van der Waals surface area contributed by atoms with Crippen molar-refractivity contribution in [3.63, 3.8) is 0 Å². The lowest BCUT2D eigenvalue weighted by Crippen LogP contribution is -2.19. The lowest BCUT2D eigenvalue weighted by molar-refractivity contribution is -0.115. The SMILES string of the molecule is CC(C)c1ccc(NC(=O)C(Sc2cccc(NC(=O)c3ccco3)c2)c2ccccc2)cc1. The molecule has 0 radical (unpaired) electrons. The van der Waals surface area contributed by atoms with Gasteiger partial charge in [-0.25, -0.2) is 0 Å². The zero-order valence-electron chi connectivity index (χ0n) is 19.0. The number of rotatable bonds is 8. The number of hydrogen-bond acceptors (Lipinski definition) is 4. The first-order chi connectivity index (χ1) is 16.5. The van der Waals surface area contributed by atoms with E-state index < -0.39 is 5.25 Å². The summed E-state index contributed by atoms with van der Waals surface area (Å²) in [5.74, 6) is 0.230. The van der Waals surface area contributed by atoms with E-state index in [4.69, 9.17) is 4.42 Å². The minimum atomic E-state index is -0.470. The van der Waals surface area contributed by atoms with E-state index in [1.807, 2.05) is 72.8 Å². The molecule has 0 bridgehead atoms. The molecule has 3 aromatic carbocycles. The summed E-state index contributed by atoms with van der Waals surface area (Å²) in [4.78, 5) is 26.5. The molecule has 0 saturated heterocycles. The molecule has 5 nitrogen and oxygen atoms in total. The zero-order valence-corrected chi connectivity index (χ0v) is 19.8. The Bertz CT molecular complexity index is 1240. The van der Waals surface area contributed by atoms with Gasteiger partial charge in [0.2, 0.25) is 5.91 Å². The molecule has 172 valence electrons. The molecule has 1 atom stereocenters. The van der Waals surface area contributed by atoms with Crippen molar-refractivity contribution >= 4 is 35.0 Å². The van der Waals surface area contributed by atoms with E-state index in [0.29, 0.717) is 11.6 Å². The molecule has 0 spiro atoms. The molecule has 1 aromatic heterocycles. The summed E-state index contributed by atoms with van der Waals surface area (Å²) < 4.78 is 5.16. The van der Waals surface area contributed by atoms with Crippen molar-refractivity contribution < 1.29 is 14.0 Å². The van der Waals surface area contributed by atoms with Crippen LogP contribution in [0.5, 0.6) is 0 Å². The van der Waals surface area contributed by atoms with Crippen LogP contribution in [0.1, 0.15) is 46.7 Å². The van der Waals surface area contributed by atoms with Crippen LogP contribution in [-0.2, 0) is 4.79 Å². The average molecular weight is 471 g/mol. The average Bonchev–Trinajstić information content (AvgIpc) is 3.39. The fourth-order valence-corrected chi connectivity index (χ4v) is 4.53. The van der Waals surface area contributed by atoms with Crippen LogP contribution >= 0.6 is 11.8 Å². The molecular weight excluding hydrogens is 444 g/mol. The van der Waals surface area contributed by atoms with Crippen LogP contribution in [-0.4, -0.2) is 11.8 Å². The second-order valence-electron chi connectivity index (χ2n) is 8.13. The van der Waals surface area contributed by atoms with Crippen LogP contribution in [0, 0.1) is 0 Å². The van der Waals surface area contributed by atoms with Gasteiger partial charge in [-0.2, -0.15) is 0 Å². The topological polar surface area (TPSA) is 71.3 Å². The van der Waals surface area contributed by atoms with Gasteiger partial charge in [0.15, 0.2) is 5.76 Å². The molecule has 0 fully saturated rings. The van der Waals surface area contributed by atoms with Crippen molar-refractivity contribution in [1.29, 1.82) is 0 Å². The molecule has 0 aliphatic rings. The number of furan rings is 1. The van der Waals surface area contributed by atoms with Crippen molar-refractivity contribution in [1.82, 2.24) is 0 Å². The van der Waals surface area contributed by atoms with E-state index in [1.165, 1.54) is 23.6 Å². The highest BCUT2D eigenvalue weighted by Gasteiger charge is 2.22. The molecule has 4 aromatic rings. The van der Waals surface area contributed by atoms with Gasteiger partial charge in [-0.05, 0) is 59.5 Å². The first-order valence-corrected chi connectivity index (χ1v) is 11.9. The Morgan fingerprint density at radius 2 is 1.53 bits per heavy atom. The molecule has 6 heteroatoms. The number of thioether (sulfide) groups is 1. The first-order valence-electron chi connectivity index (χ1n) is 11.1. The van der Waals surface area contributed by atoms with Crippen LogP contribution in [0.15, 0.2) is 107 Å². The molecule has 34 heavy (non-hydrogen) atoms. The Morgan fingerprint density at radius 3 is 2.21 bits per heavy atom. The van der Waals surface area contributed by atoms with Crippen LogP contribution in [0.2, 0.25) is 0 Å². The van der Waals surface area contributed by atoms with Gasteiger partial charge in [0.05, 0.1) is 6.26 Å². The van der Waals surface area contributed by atoms with Gasteiger partial charge in [0, 0.05) is 16.3 Å². The molecule has 0 saturated carbocycles. The van der Waals surface area contributed by atoms with E-state index in [9.17, 15) is 9.59 Å². The Balaban J connectivity index is 1.52. The van der Waals surface area contributed by atoms with Gasteiger partial charge in [0.1, 0.15) is 5.25 Å². The standard InChI is InChI=1S/C28H26N2O3S/c1-19(2)20-13-15-22(16-14-20)29-28(32)26(21-8-4-3-5-9-21)34-24-11-6-10-23(18-24)30-27(31)25-12-7-17-33-25/h3-19,26H,1-2H3,(H,29,32)(H,30,31). The maximum absolute atomic E-state index is 13.3. The van der Waals surface area contributed by atoms with Crippen molar-refractivity contribution in [3.8, 4) is 0 Å². The number of nitrogens with one attached hydrogen (secondary N) is 2. The van der Waals surface area contributed by atoms with Crippen LogP contribution in [0.4, 0.5) is 11.4 Å². The maximum atomic E-state index is 13.3. The van der Waals surface area contributed by atoms with Crippen LogP contribution in [0.3, 0.4) is 0 Å². The highest BCUT2D eigenvalue weighted by atomic mass is 32.2. The van der Waals surface area contributed by atoms with E-state index in [2.05, 4.69) is 24.5 Å². The first kappa shape index (κ1) is 23.4. The molecule has 2 N–H and O–H groups in total. The lowest BCUT2D eigenvalue weighted by atomic mass is 10.0. The van der Waals surface area contributed by atoms with Crippen LogP contribution < -0.4 is 10.6 Å². The Morgan fingerprint density at radius 1 is 0.765 bits per heavy atom. The second kappa shape index (κ2) is 10.9. The second-order valence-corrected chi connectivity index (χ2v) is 9.31. The predicted molar refractivity (Wildman–Crippen MR) is 137 cm³/mol. The van der Waals surface area contributed by atoms with E-state index in [-0.39, 0.29) is 17.6 Å². The van der Waals surface area contributed by atoms with Crippen molar-refractivity contribution in [2.75, 3.05) is 10.6 Å².